The summed E-state index contributed by atoms with van der Waals surface area (Å²) < 4.78 is 0. The molecule has 0 bridgehead atoms. The summed E-state index contributed by atoms with van der Waals surface area (Å²) in [5, 5.41) is 0. The maximum absolute atomic E-state index is 6.34. The zero-order valence-corrected chi connectivity index (χ0v) is 12.7. The van der Waals surface area contributed by atoms with E-state index in [1.165, 1.54) is 25.7 Å². The lowest BCUT2D eigenvalue weighted by Gasteiger charge is -2.45. The molecule has 0 aromatic heterocycles. The van der Waals surface area contributed by atoms with Crippen LogP contribution in [0.25, 0.3) is 0 Å². The molecule has 0 radical (unpaired) electrons. The largest absolute Gasteiger partial charge is 0.326 e. The van der Waals surface area contributed by atoms with Crippen LogP contribution in [0.2, 0.25) is 0 Å². The van der Waals surface area contributed by atoms with Gasteiger partial charge in [0.25, 0.3) is 0 Å². The van der Waals surface area contributed by atoms with Crippen LogP contribution < -0.4 is 5.73 Å². The molecule has 1 fully saturated rings. The normalized spacial score (nSPS) is 32.8. The van der Waals surface area contributed by atoms with E-state index in [1.807, 2.05) is 0 Å². The van der Waals surface area contributed by atoms with E-state index in [0.29, 0.717) is 23.5 Å². The predicted molar refractivity (Wildman–Crippen MR) is 76.1 cm³/mol. The second-order valence-electron chi connectivity index (χ2n) is 7.03. The van der Waals surface area contributed by atoms with E-state index in [9.17, 15) is 0 Å². The van der Waals surface area contributed by atoms with Crippen molar-refractivity contribution in [3.63, 3.8) is 0 Å². The molecule has 0 spiro atoms. The van der Waals surface area contributed by atoms with Crippen LogP contribution in [0.15, 0.2) is 0 Å². The highest BCUT2D eigenvalue weighted by atomic mass is 15.2. The van der Waals surface area contributed by atoms with Crippen LogP contribution in [0.3, 0.4) is 0 Å². The smallest absolute Gasteiger partial charge is 0.0249 e. The minimum Gasteiger partial charge on any atom is -0.326 e. The first kappa shape index (κ1) is 15.0. The van der Waals surface area contributed by atoms with E-state index in [4.69, 9.17) is 5.73 Å². The zero-order chi connectivity index (χ0) is 13.2. The molecule has 17 heavy (non-hydrogen) atoms. The minimum atomic E-state index is 0.327. The first-order chi connectivity index (χ1) is 7.77. The van der Waals surface area contributed by atoms with E-state index in [1.54, 1.807) is 0 Å². The highest BCUT2D eigenvalue weighted by molar-refractivity contribution is 4.91. The van der Waals surface area contributed by atoms with Crippen LogP contribution in [0.5, 0.6) is 0 Å². The Balaban J connectivity index is 2.69. The predicted octanol–water partition coefficient (Wildman–Crippen LogP) is 3.26. The third-order valence-corrected chi connectivity index (χ3v) is 4.94. The molecule has 0 aromatic carbocycles. The highest BCUT2D eigenvalue weighted by Crippen LogP contribution is 2.32. The number of rotatable bonds is 3. The zero-order valence-electron chi connectivity index (χ0n) is 12.7. The maximum atomic E-state index is 6.34. The van der Waals surface area contributed by atoms with Gasteiger partial charge in [0.2, 0.25) is 0 Å². The van der Waals surface area contributed by atoms with Crippen molar-refractivity contribution < 1.29 is 0 Å². The van der Waals surface area contributed by atoms with Gasteiger partial charge in [-0.15, -0.1) is 0 Å². The van der Waals surface area contributed by atoms with Crippen molar-refractivity contribution in [1.29, 1.82) is 0 Å². The Morgan fingerprint density at radius 2 is 1.88 bits per heavy atom. The molecule has 2 nitrogen and oxygen atoms in total. The first-order valence-corrected chi connectivity index (χ1v) is 7.24. The van der Waals surface area contributed by atoms with Gasteiger partial charge in [0.05, 0.1) is 0 Å². The standard InChI is InChI=1S/C15H32N2/c1-7-12-8-9-13(16)14(10-12)17(6)11(2)15(3,4)5/h11-14H,7-10,16H2,1-6H3. The third-order valence-electron chi connectivity index (χ3n) is 4.94. The summed E-state index contributed by atoms with van der Waals surface area (Å²) in [5.74, 6) is 0.884. The summed E-state index contributed by atoms with van der Waals surface area (Å²) >= 11 is 0. The van der Waals surface area contributed by atoms with Gasteiger partial charge in [-0.3, -0.25) is 4.90 Å². The number of nitrogens with two attached hydrogens (primary N) is 1. The fourth-order valence-electron chi connectivity index (χ4n) is 2.99. The topological polar surface area (TPSA) is 29.3 Å². The molecule has 1 saturated carbocycles. The molecule has 0 amide bonds. The summed E-state index contributed by atoms with van der Waals surface area (Å²) in [6.07, 6.45) is 5.12. The SMILES string of the molecule is CCC1CCC(N)C(N(C)C(C)C(C)(C)C)C1. The Morgan fingerprint density at radius 3 is 2.35 bits per heavy atom. The fourth-order valence-corrected chi connectivity index (χ4v) is 2.99. The van der Waals surface area contributed by atoms with Crippen LogP contribution in [-0.4, -0.2) is 30.1 Å². The summed E-state index contributed by atoms with van der Waals surface area (Å²) in [6, 6.07) is 1.52. The van der Waals surface area contributed by atoms with Crippen molar-refractivity contribution in [2.24, 2.45) is 17.1 Å². The van der Waals surface area contributed by atoms with Crippen molar-refractivity contribution in [2.75, 3.05) is 7.05 Å². The lowest BCUT2D eigenvalue weighted by Crippen LogP contribution is -2.55. The van der Waals surface area contributed by atoms with Crippen LogP contribution >= 0.6 is 0 Å². The van der Waals surface area contributed by atoms with Crippen LogP contribution in [0.4, 0.5) is 0 Å². The molecule has 0 aliphatic heterocycles. The number of nitrogens with zero attached hydrogens (tertiary/aromatic N) is 1. The molecule has 102 valence electrons. The van der Waals surface area contributed by atoms with Crippen LogP contribution in [0, 0.1) is 11.3 Å². The highest BCUT2D eigenvalue weighted by Gasteiger charge is 2.35. The summed E-state index contributed by atoms with van der Waals surface area (Å²) in [5.41, 5.74) is 6.66. The quantitative estimate of drug-likeness (QED) is 0.820. The first-order valence-electron chi connectivity index (χ1n) is 7.24. The van der Waals surface area contributed by atoms with Crippen molar-refractivity contribution in [2.45, 2.75) is 78.4 Å². The molecule has 2 heteroatoms. The Labute approximate surface area is 108 Å². The molecule has 2 N–H and O–H groups in total. The van der Waals surface area contributed by atoms with E-state index >= 15 is 0 Å². The summed E-state index contributed by atoms with van der Waals surface area (Å²) in [7, 11) is 2.26. The second-order valence-corrected chi connectivity index (χ2v) is 7.03. The monoisotopic (exact) mass is 240 g/mol. The van der Waals surface area contributed by atoms with Gasteiger partial charge in [0, 0.05) is 18.1 Å². The molecule has 0 heterocycles. The van der Waals surface area contributed by atoms with Gasteiger partial charge in [0.15, 0.2) is 0 Å². The Hall–Kier alpha value is -0.0800. The molecular weight excluding hydrogens is 208 g/mol. The van der Waals surface area contributed by atoms with E-state index in [-0.39, 0.29) is 0 Å². The third kappa shape index (κ3) is 3.69. The Bertz CT molecular complexity index is 232. The lowest BCUT2D eigenvalue weighted by atomic mass is 9.78. The van der Waals surface area contributed by atoms with Gasteiger partial charge in [-0.2, -0.15) is 0 Å². The van der Waals surface area contributed by atoms with Crippen LogP contribution in [-0.2, 0) is 0 Å². The van der Waals surface area contributed by atoms with Crippen molar-refractivity contribution in [3.05, 3.63) is 0 Å². The Morgan fingerprint density at radius 1 is 1.29 bits per heavy atom. The van der Waals surface area contributed by atoms with Crippen molar-refractivity contribution >= 4 is 0 Å². The van der Waals surface area contributed by atoms with E-state index in [0.717, 1.165) is 5.92 Å². The van der Waals surface area contributed by atoms with Crippen LogP contribution in [0.1, 0.15) is 60.3 Å². The van der Waals surface area contributed by atoms with Gasteiger partial charge in [-0.1, -0.05) is 34.1 Å². The van der Waals surface area contributed by atoms with Crippen molar-refractivity contribution in [3.8, 4) is 0 Å². The average molecular weight is 240 g/mol. The van der Waals surface area contributed by atoms with E-state index in [2.05, 4.69) is 46.6 Å². The maximum Gasteiger partial charge on any atom is 0.0249 e. The van der Waals surface area contributed by atoms with Gasteiger partial charge in [0.1, 0.15) is 0 Å². The summed E-state index contributed by atoms with van der Waals surface area (Å²) in [6.45, 7) is 11.6. The molecular formula is C15H32N2. The van der Waals surface area contributed by atoms with Gasteiger partial charge >= 0.3 is 0 Å². The summed E-state index contributed by atoms with van der Waals surface area (Å²) in [4.78, 5) is 2.53. The molecule has 1 rings (SSSR count). The van der Waals surface area contributed by atoms with Crippen molar-refractivity contribution in [1.82, 2.24) is 4.90 Å². The average Bonchev–Trinajstić information content (AvgIpc) is 2.26. The molecule has 0 aromatic rings. The van der Waals surface area contributed by atoms with Gasteiger partial charge in [-0.25, -0.2) is 0 Å². The minimum absolute atomic E-state index is 0.327. The van der Waals surface area contributed by atoms with Gasteiger partial charge < -0.3 is 5.73 Å². The number of hydrogen-bond acceptors (Lipinski definition) is 2. The number of likely N-dealkylation sites (N-methyl/N-ethyl adjacent to an activating group) is 1. The molecule has 0 saturated heterocycles. The van der Waals surface area contributed by atoms with Gasteiger partial charge in [-0.05, 0) is 44.6 Å². The Kier molecular flexibility index (Phi) is 5.03. The number of hydrogen-bond donors (Lipinski definition) is 1. The van der Waals surface area contributed by atoms with E-state index < -0.39 is 0 Å². The molecule has 4 unspecified atom stereocenters. The lowest BCUT2D eigenvalue weighted by molar-refractivity contribution is 0.0529. The second kappa shape index (κ2) is 5.71. The fraction of sp³-hybridized carbons (Fsp3) is 1.00. The molecule has 1 aliphatic rings. The molecule has 4 atom stereocenters. The molecule has 1 aliphatic carbocycles.